The fourth-order valence-electron chi connectivity index (χ4n) is 4.38. The first-order chi connectivity index (χ1) is 15.3. The number of likely N-dealkylation sites (N-methyl/N-ethyl adjacent to an activating group) is 1. The second-order valence-electron chi connectivity index (χ2n) is 8.13. The van der Waals surface area contributed by atoms with E-state index in [1.54, 1.807) is 4.90 Å². The van der Waals surface area contributed by atoms with Crippen molar-refractivity contribution in [3.8, 4) is 0 Å². The molecular formula is C23H26F3N5O. The summed E-state index contributed by atoms with van der Waals surface area (Å²) in [4.78, 5) is 17.1. The molecule has 32 heavy (non-hydrogen) atoms. The summed E-state index contributed by atoms with van der Waals surface area (Å²) in [6.07, 6.45) is -1.76. The van der Waals surface area contributed by atoms with Crippen LogP contribution in [0.25, 0.3) is 5.65 Å². The predicted octanol–water partition coefficient (Wildman–Crippen LogP) is 4.37. The van der Waals surface area contributed by atoms with Gasteiger partial charge in [0.25, 0.3) is 0 Å². The number of piperidine rings is 1. The summed E-state index contributed by atoms with van der Waals surface area (Å²) in [7, 11) is 0. The molecule has 1 saturated heterocycles. The van der Waals surface area contributed by atoms with Crippen molar-refractivity contribution in [3.05, 3.63) is 60.0 Å². The molecule has 1 aliphatic rings. The highest BCUT2D eigenvalue weighted by Gasteiger charge is 2.34. The first-order valence-corrected chi connectivity index (χ1v) is 10.8. The van der Waals surface area contributed by atoms with Crippen molar-refractivity contribution >= 4 is 17.2 Å². The number of fused-ring (bicyclic) bond motifs is 1. The number of benzene rings is 1. The van der Waals surface area contributed by atoms with Crippen molar-refractivity contribution < 1.29 is 18.0 Å². The summed E-state index contributed by atoms with van der Waals surface area (Å²) >= 11 is 0. The van der Waals surface area contributed by atoms with Gasteiger partial charge in [0.2, 0.25) is 5.91 Å². The molecule has 3 aromatic rings. The summed E-state index contributed by atoms with van der Waals surface area (Å²) in [6, 6.07) is 11.5. The number of alkyl halides is 3. The lowest BCUT2D eigenvalue weighted by Gasteiger charge is -2.37. The van der Waals surface area contributed by atoms with Crippen molar-refractivity contribution in [2.45, 2.75) is 44.8 Å². The van der Waals surface area contributed by atoms with Crippen LogP contribution in [0.1, 0.15) is 44.0 Å². The Kier molecular flexibility index (Phi) is 6.19. The van der Waals surface area contributed by atoms with Crippen LogP contribution in [0, 0.1) is 0 Å². The van der Waals surface area contributed by atoms with Crippen LogP contribution < -0.4 is 4.90 Å². The van der Waals surface area contributed by atoms with Crippen molar-refractivity contribution in [3.63, 3.8) is 0 Å². The SMILES string of the molecule is CCN(C(=O)C(C)N1CCCC(c2nnc3ccc(C(F)(F)F)cn23)C1)c1ccccc1. The van der Waals surface area contributed by atoms with Gasteiger partial charge in [0.1, 0.15) is 5.82 Å². The van der Waals surface area contributed by atoms with Crippen molar-refractivity contribution in [1.82, 2.24) is 19.5 Å². The predicted molar refractivity (Wildman–Crippen MR) is 115 cm³/mol. The lowest BCUT2D eigenvalue weighted by atomic mass is 9.95. The molecule has 0 saturated carbocycles. The molecule has 0 aliphatic carbocycles. The first kappa shape index (κ1) is 22.3. The largest absolute Gasteiger partial charge is 0.417 e. The van der Waals surface area contributed by atoms with E-state index in [1.165, 1.54) is 10.5 Å². The third-order valence-corrected chi connectivity index (χ3v) is 6.13. The van der Waals surface area contributed by atoms with Gasteiger partial charge in [-0.15, -0.1) is 10.2 Å². The molecule has 0 radical (unpaired) electrons. The van der Waals surface area contributed by atoms with Crippen LogP contribution in [-0.2, 0) is 11.0 Å². The number of hydrogen-bond donors (Lipinski definition) is 0. The van der Waals surface area contributed by atoms with Crippen LogP contribution >= 0.6 is 0 Å². The number of halogens is 3. The van der Waals surface area contributed by atoms with Crippen molar-refractivity contribution in [1.29, 1.82) is 0 Å². The van der Waals surface area contributed by atoms with Gasteiger partial charge in [-0.2, -0.15) is 13.2 Å². The normalized spacial score (nSPS) is 18.6. The average molecular weight is 445 g/mol. The number of anilines is 1. The van der Waals surface area contributed by atoms with Crippen LogP contribution in [0.5, 0.6) is 0 Å². The third kappa shape index (κ3) is 4.34. The summed E-state index contributed by atoms with van der Waals surface area (Å²) in [5, 5.41) is 8.26. The van der Waals surface area contributed by atoms with E-state index in [-0.39, 0.29) is 17.9 Å². The second kappa shape index (κ2) is 8.90. The molecule has 9 heteroatoms. The van der Waals surface area contributed by atoms with Gasteiger partial charge in [0.15, 0.2) is 5.65 Å². The van der Waals surface area contributed by atoms with Crippen LogP contribution in [0.4, 0.5) is 18.9 Å². The van der Waals surface area contributed by atoms with Gasteiger partial charge in [-0.1, -0.05) is 18.2 Å². The van der Waals surface area contributed by atoms with E-state index in [0.29, 0.717) is 24.6 Å². The van der Waals surface area contributed by atoms with E-state index in [2.05, 4.69) is 15.1 Å². The molecule has 170 valence electrons. The second-order valence-corrected chi connectivity index (χ2v) is 8.13. The van der Waals surface area contributed by atoms with Gasteiger partial charge >= 0.3 is 6.18 Å². The molecule has 0 spiro atoms. The monoisotopic (exact) mass is 445 g/mol. The Morgan fingerprint density at radius 3 is 2.62 bits per heavy atom. The number of hydrogen-bond acceptors (Lipinski definition) is 4. The highest BCUT2D eigenvalue weighted by molar-refractivity contribution is 5.96. The number of carbonyl (C=O) groups is 1. The summed E-state index contributed by atoms with van der Waals surface area (Å²) < 4.78 is 41.0. The molecule has 0 bridgehead atoms. The highest BCUT2D eigenvalue weighted by Crippen LogP contribution is 2.32. The van der Waals surface area contributed by atoms with Gasteiger partial charge in [-0.25, -0.2) is 0 Å². The van der Waals surface area contributed by atoms with Gasteiger partial charge in [0, 0.05) is 30.9 Å². The molecule has 0 N–H and O–H groups in total. The molecule has 3 heterocycles. The van der Waals surface area contributed by atoms with Gasteiger partial charge in [0.05, 0.1) is 11.6 Å². The Morgan fingerprint density at radius 1 is 1.19 bits per heavy atom. The Labute approximate surface area is 184 Å². The zero-order chi connectivity index (χ0) is 22.9. The molecular weight excluding hydrogens is 419 g/mol. The number of rotatable bonds is 5. The molecule has 1 aliphatic heterocycles. The number of amides is 1. The van der Waals surface area contributed by atoms with Crippen LogP contribution in [0.3, 0.4) is 0 Å². The molecule has 1 fully saturated rings. The Morgan fingerprint density at radius 2 is 1.94 bits per heavy atom. The number of nitrogens with zero attached hydrogens (tertiary/aromatic N) is 5. The lowest BCUT2D eigenvalue weighted by Crippen LogP contribution is -2.50. The minimum absolute atomic E-state index is 0.00445. The van der Waals surface area contributed by atoms with E-state index >= 15 is 0 Å². The standard InChI is InChI=1S/C23H26F3N5O/c1-3-30(19-9-5-4-6-10-19)22(32)16(2)29-13-7-8-17(14-29)21-28-27-20-12-11-18(15-31(20)21)23(24,25)26/h4-6,9-12,15-17H,3,7-8,13-14H2,1-2H3. The Hall–Kier alpha value is -2.94. The molecule has 2 unspecified atom stereocenters. The summed E-state index contributed by atoms with van der Waals surface area (Å²) in [6.45, 7) is 5.67. The van der Waals surface area contributed by atoms with Gasteiger partial charge in [-0.05, 0) is 57.5 Å². The minimum atomic E-state index is -4.43. The fourth-order valence-corrected chi connectivity index (χ4v) is 4.38. The third-order valence-electron chi connectivity index (χ3n) is 6.13. The fraction of sp³-hybridized carbons (Fsp3) is 0.435. The molecule has 1 aromatic carbocycles. The van der Waals surface area contributed by atoms with E-state index in [4.69, 9.17) is 0 Å². The van der Waals surface area contributed by atoms with Crippen molar-refractivity contribution in [2.24, 2.45) is 0 Å². The van der Waals surface area contributed by atoms with E-state index in [0.717, 1.165) is 37.3 Å². The van der Waals surface area contributed by atoms with Crippen LogP contribution in [0.15, 0.2) is 48.7 Å². The summed E-state index contributed by atoms with van der Waals surface area (Å²) in [5.74, 6) is 0.403. The number of para-hydroxylation sites is 1. The van der Waals surface area contributed by atoms with Crippen LogP contribution in [-0.4, -0.2) is 51.1 Å². The van der Waals surface area contributed by atoms with E-state index < -0.39 is 11.7 Å². The maximum Gasteiger partial charge on any atom is 0.417 e. The van der Waals surface area contributed by atoms with E-state index in [1.807, 2.05) is 44.2 Å². The van der Waals surface area contributed by atoms with E-state index in [9.17, 15) is 18.0 Å². The average Bonchev–Trinajstić information content (AvgIpc) is 3.22. The number of pyridine rings is 1. The Balaban J connectivity index is 1.55. The highest BCUT2D eigenvalue weighted by atomic mass is 19.4. The maximum absolute atomic E-state index is 13.3. The molecule has 1 amide bonds. The van der Waals surface area contributed by atoms with Gasteiger partial charge in [-0.3, -0.25) is 14.1 Å². The zero-order valence-corrected chi connectivity index (χ0v) is 18.1. The molecule has 4 rings (SSSR count). The Bertz CT molecular complexity index is 1080. The zero-order valence-electron chi connectivity index (χ0n) is 18.1. The molecule has 6 nitrogen and oxygen atoms in total. The smallest absolute Gasteiger partial charge is 0.311 e. The molecule has 2 atom stereocenters. The molecule has 2 aromatic heterocycles. The van der Waals surface area contributed by atoms with Crippen LogP contribution in [0.2, 0.25) is 0 Å². The first-order valence-electron chi connectivity index (χ1n) is 10.8. The maximum atomic E-state index is 13.3. The van der Waals surface area contributed by atoms with Gasteiger partial charge < -0.3 is 4.90 Å². The number of aromatic nitrogens is 3. The summed E-state index contributed by atoms with van der Waals surface area (Å²) in [5.41, 5.74) is 0.503. The quantitative estimate of drug-likeness (QED) is 0.585. The number of carbonyl (C=O) groups excluding carboxylic acids is 1. The minimum Gasteiger partial charge on any atom is -0.311 e. The number of likely N-dealkylation sites (tertiary alicyclic amines) is 1. The lowest BCUT2D eigenvalue weighted by molar-refractivity contribution is -0.137. The topological polar surface area (TPSA) is 53.7 Å². The van der Waals surface area contributed by atoms with Crippen molar-refractivity contribution in [2.75, 3.05) is 24.5 Å².